The van der Waals surface area contributed by atoms with Gasteiger partial charge < -0.3 is 17.2 Å². The molecule has 0 heterocycles. The van der Waals surface area contributed by atoms with Gasteiger partial charge in [-0.2, -0.15) is 0 Å². The Morgan fingerprint density at radius 1 is 1.00 bits per heavy atom. The molecule has 0 amide bonds. The minimum Gasteiger partial charge on any atom is -0.397 e. The van der Waals surface area contributed by atoms with Gasteiger partial charge in [0.05, 0.1) is 22.8 Å². The molecule has 0 aromatic heterocycles. The molecule has 0 aliphatic heterocycles. The molecule has 0 radical (unpaired) electrons. The molecule has 5 nitrogen and oxygen atoms in total. The zero-order valence-corrected chi connectivity index (χ0v) is 7.70. The summed E-state index contributed by atoms with van der Waals surface area (Å²) >= 11 is 0. The van der Waals surface area contributed by atoms with Gasteiger partial charge in [0, 0.05) is 14.1 Å². The van der Waals surface area contributed by atoms with Gasteiger partial charge in [-0.3, -0.25) is 9.98 Å². The third-order valence-corrected chi connectivity index (χ3v) is 1.85. The standard InChI is InChI=1S/C8H13N5/c1-12-5-3-4(9)8(13-2)7(11)6(5)10/h3H,9-11H2,1-2H3. The monoisotopic (exact) mass is 179 g/mol. The number of rotatable bonds is 0. The van der Waals surface area contributed by atoms with Gasteiger partial charge in [-0.15, -0.1) is 0 Å². The molecular formula is C8H13N5. The van der Waals surface area contributed by atoms with Crippen LogP contribution in [0.4, 0.5) is 0 Å². The molecule has 13 heavy (non-hydrogen) atoms. The molecule has 0 fully saturated rings. The molecule has 1 aliphatic rings. The van der Waals surface area contributed by atoms with Gasteiger partial charge in [-0.05, 0) is 6.08 Å². The molecule has 0 saturated heterocycles. The number of hydrogen-bond acceptors (Lipinski definition) is 5. The minimum atomic E-state index is 0.392. The summed E-state index contributed by atoms with van der Waals surface area (Å²) in [5, 5.41) is 0. The zero-order chi connectivity index (χ0) is 10.0. The summed E-state index contributed by atoms with van der Waals surface area (Å²) in [5.74, 6) is 0. The smallest absolute Gasteiger partial charge is 0.105 e. The second kappa shape index (κ2) is 3.30. The zero-order valence-electron chi connectivity index (χ0n) is 7.70. The molecule has 0 unspecified atom stereocenters. The van der Waals surface area contributed by atoms with Crippen molar-refractivity contribution in [3.63, 3.8) is 0 Å². The Labute approximate surface area is 76.7 Å². The van der Waals surface area contributed by atoms with E-state index in [1.54, 1.807) is 20.2 Å². The van der Waals surface area contributed by atoms with E-state index in [1.807, 2.05) is 0 Å². The quantitative estimate of drug-likeness (QED) is 0.420. The van der Waals surface area contributed by atoms with Crippen LogP contribution in [-0.4, -0.2) is 25.5 Å². The molecule has 70 valence electrons. The Morgan fingerprint density at radius 2 is 1.62 bits per heavy atom. The van der Waals surface area contributed by atoms with Crippen molar-refractivity contribution in [1.29, 1.82) is 0 Å². The fourth-order valence-corrected chi connectivity index (χ4v) is 1.15. The topological polar surface area (TPSA) is 103 Å². The first-order valence-corrected chi connectivity index (χ1v) is 3.79. The largest absolute Gasteiger partial charge is 0.397 e. The van der Waals surface area contributed by atoms with Crippen LogP contribution >= 0.6 is 0 Å². The second-order valence-electron chi connectivity index (χ2n) is 2.61. The van der Waals surface area contributed by atoms with Crippen LogP contribution in [-0.2, 0) is 0 Å². The average Bonchev–Trinajstić information content (AvgIpc) is 2.12. The van der Waals surface area contributed by atoms with Gasteiger partial charge >= 0.3 is 0 Å². The van der Waals surface area contributed by atoms with Gasteiger partial charge in [-0.1, -0.05) is 0 Å². The van der Waals surface area contributed by atoms with Crippen LogP contribution < -0.4 is 17.2 Å². The number of nitrogens with two attached hydrogens (primary N) is 3. The van der Waals surface area contributed by atoms with E-state index in [9.17, 15) is 0 Å². The molecule has 0 aromatic carbocycles. The number of nitrogens with zero attached hydrogens (tertiary/aromatic N) is 2. The summed E-state index contributed by atoms with van der Waals surface area (Å²) in [4.78, 5) is 7.87. The summed E-state index contributed by atoms with van der Waals surface area (Å²) in [7, 11) is 3.25. The van der Waals surface area contributed by atoms with Gasteiger partial charge in [0.25, 0.3) is 0 Å². The average molecular weight is 179 g/mol. The van der Waals surface area contributed by atoms with E-state index < -0.39 is 0 Å². The van der Waals surface area contributed by atoms with E-state index >= 15 is 0 Å². The van der Waals surface area contributed by atoms with Crippen LogP contribution in [0.2, 0.25) is 0 Å². The van der Waals surface area contributed by atoms with Crippen LogP contribution in [0.3, 0.4) is 0 Å². The highest BCUT2D eigenvalue weighted by atomic mass is 14.9. The van der Waals surface area contributed by atoms with Crippen molar-refractivity contribution in [2.45, 2.75) is 0 Å². The van der Waals surface area contributed by atoms with Crippen LogP contribution in [0.1, 0.15) is 0 Å². The van der Waals surface area contributed by atoms with Crippen molar-refractivity contribution in [2.24, 2.45) is 27.2 Å². The Bertz CT molecular complexity index is 346. The first-order chi connectivity index (χ1) is 6.11. The molecule has 0 bridgehead atoms. The van der Waals surface area contributed by atoms with Crippen LogP contribution in [0.25, 0.3) is 0 Å². The van der Waals surface area contributed by atoms with Crippen molar-refractivity contribution < 1.29 is 0 Å². The lowest BCUT2D eigenvalue weighted by atomic mass is 10.0. The predicted octanol–water partition coefficient (Wildman–Crippen LogP) is -0.887. The van der Waals surface area contributed by atoms with E-state index in [1.165, 1.54) is 0 Å². The molecular weight excluding hydrogens is 166 g/mol. The van der Waals surface area contributed by atoms with E-state index in [0.29, 0.717) is 28.5 Å². The number of aliphatic imine (C=N–C) groups is 2. The maximum Gasteiger partial charge on any atom is 0.105 e. The lowest BCUT2D eigenvalue weighted by Crippen LogP contribution is -2.31. The van der Waals surface area contributed by atoms with Gasteiger partial charge in [0.15, 0.2) is 0 Å². The first-order valence-electron chi connectivity index (χ1n) is 3.79. The van der Waals surface area contributed by atoms with E-state index in [2.05, 4.69) is 9.98 Å². The van der Waals surface area contributed by atoms with Crippen molar-refractivity contribution in [2.75, 3.05) is 14.1 Å². The Kier molecular flexibility index (Phi) is 2.36. The highest BCUT2D eigenvalue weighted by Crippen LogP contribution is 2.10. The third-order valence-electron chi connectivity index (χ3n) is 1.85. The molecule has 1 aliphatic carbocycles. The van der Waals surface area contributed by atoms with Crippen molar-refractivity contribution in [1.82, 2.24) is 0 Å². The number of hydrogen-bond donors (Lipinski definition) is 3. The fourth-order valence-electron chi connectivity index (χ4n) is 1.15. The number of allylic oxidation sites excluding steroid dienone is 1. The van der Waals surface area contributed by atoms with Crippen molar-refractivity contribution in [3.8, 4) is 0 Å². The van der Waals surface area contributed by atoms with Crippen LogP contribution in [0.5, 0.6) is 0 Å². The van der Waals surface area contributed by atoms with Crippen molar-refractivity contribution in [3.05, 3.63) is 23.2 Å². The third kappa shape index (κ3) is 1.40. The Hall–Kier alpha value is -1.78. The molecule has 6 N–H and O–H groups in total. The lowest BCUT2D eigenvalue weighted by molar-refractivity contribution is 1.25. The Morgan fingerprint density at radius 3 is 2.08 bits per heavy atom. The SMILES string of the molecule is CN=C1C=C(N)C(=NC)C(N)=C1N. The van der Waals surface area contributed by atoms with Crippen LogP contribution in [0, 0.1) is 0 Å². The second-order valence-corrected chi connectivity index (χ2v) is 2.61. The van der Waals surface area contributed by atoms with E-state index in [-0.39, 0.29) is 0 Å². The van der Waals surface area contributed by atoms with Gasteiger partial charge in [-0.25, -0.2) is 0 Å². The maximum absolute atomic E-state index is 5.71. The fraction of sp³-hybridized carbons (Fsp3) is 0.250. The summed E-state index contributed by atoms with van der Waals surface area (Å²) in [6.45, 7) is 0. The minimum absolute atomic E-state index is 0.392. The van der Waals surface area contributed by atoms with Crippen molar-refractivity contribution >= 4 is 11.4 Å². The molecule has 5 heteroatoms. The highest BCUT2D eigenvalue weighted by Gasteiger charge is 2.18. The summed E-state index contributed by atoms with van der Waals surface area (Å²) < 4.78 is 0. The molecule has 1 rings (SSSR count). The normalized spacial score (nSPS) is 24.0. The molecule has 0 aromatic rings. The molecule has 0 atom stereocenters. The summed E-state index contributed by atoms with van der Waals surface area (Å²) in [5.41, 5.74) is 19.6. The van der Waals surface area contributed by atoms with Gasteiger partial charge in [0.1, 0.15) is 5.71 Å². The van der Waals surface area contributed by atoms with Gasteiger partial charge in [0.2, 0.25) is 0 Å². The maximum atomic E-state index is 5.71. The van der Waals surface area contributed by atoms with Crippen LogP contribution in [0.15, 0.2) is 33.2 Å². The lowest BCUT2D eigenvalue weighted by Gasteiger charge is -2.15. The van der Waals surface area contributed by atoms with E-state index in [0.717, 1.165) is 0 Å². The first kappa shape index (κ1) is 9.31. The molecule has 0 saturated carbocycles. The summed E-state index contributed by atoms with van der Waals surface area (Å²) in [6, 6.07) is 0. The predicted molar refractivity (Wildman–Crippen MR) is 54.4 cm³/mol. The van der Waals surface area contributed by atoms with E-state index in [4.69, 9.17) is 17.2 Å². The highest BCUT2D eigenvalue weighted by molar-refractivity contribution is 6.25. The molecule has 0 spiro atoms. The Balaban J connectivity index is 3.29. The summed E-state index contributed by atoms with van der Waals surface area (Å²) in [6.07, 6.45) is 1.66.